The summed E-state index contributed by atoms with van der Waals surface area (Å²) >= 11 is 1.19. The number of rotatable bonds is 5. The Kier molecular flexibility index (Phi) is 4.09. The molecule has 1 N–H and O–H groups in total. The van der Waals surface area contributed by atoms with Crippen LogP contribution in [0.5, 0.6) is 5.75 Å². The van der Waals surface area contributed by atoms with Crippen molar-refractivity contribution >= 4 is 39.2 Å². The molecule has 0 aliphatic carbocycles. The first-order chi connectivity index (χ1) is 13.0. The number of anilines is 1. The lowest BCUT2D eigenvalue weighted by Gasteiger charge is -1.98. The molecule has 136 valence electrons. The van der Waals surface area contributed by atoms with Gasteiger partial charge in [-0.25, -0.2) is 4.98 Å². The second-order valence-electron chi connectivity index (χ2n) is 5.38. The number of methoxy groups -OCH3 is 1. The number of carbonyl (C=O) groups is 1. The number of ether oxygens (including phenoxy) is 1. The van der Waals surface area contributed by atoms with Crippen molar-refractivity contribution in [2.75, 3.05) is 12.4 Å². The van der Waals surface area contributed by atoms with E-state index in [2.05, 4.69) is 10.3 Å². The molecule has 9 nitrogen and oxygen atoms in total. The summed E-state index contributed by atoms with van der Waals surface area (Å²) in [6, 6.07) is 9.72. The molecule has 0 aliphatic heterocycles. The molecule has 0 unspecified atom stereocenters. The van der Waals surface area contributed by atoms with Gasteiger partial charge in [0.1, 0.15) is 10.6 Å². The fourth-order valence-electron chi connectivity index (χ4n) is 2.47. The van der Waals surface area contributed by atoms with Crippen LogP contribution >= 0.6 is 11.3 Å². The lowest BCUT2D eigenvalue weighted by molar-refractivity contribution is -0.402. The molecule has 4 aromatic rings. The van der Waals surface area contributed by atoms with Crippen molar-refractivity contribution in [3.63, 3.8) is 0 Å². The van der Waals surface area contributed by atoms with Crippen LogP contribution in [0.3, 0.4) is 0 Å². The van der Waals surface area contributed by atoms with Crippen molar-refractivity contribution in [2.45, 2.75) is 0 Å². The molecule has 3 aromatic heterocycles. The number of amides is 1. The van der Waals surface area contributed by atoms with Crippen molar-refractivity contribution in [3.8, 4) is 17.2 Å². The highest BCUT2D eigenvalue weighted by Gasteiger charge is 2.19. The van der Waals surface area contributed by atoms with Crippen molar-refractivity contribution in [1.29, 1.82) is 0 Å². The molecular weight excluding hydrogens is 374 g/mol. The monoisotopic (exact) mass is 385 g/mol. The topological polar surface area (TPSA) is 121 Å². The standard InChI is InChI=1S/C17H11N3O6S/c1-24-11-4-2-3-9-7-13(26-15(9)11)10-8-27-17(18-10)19-16(21)12-5-6-14(25-12)20(22)23/h2-8H,1H3,(H,18,19,21). The Morgan fingerprint density at radius 3 is 2.89 bits per heavy atom. The van der Waals surface area contributed by atoms with Gasteiger partial charge in [0.05, 0.1) is 13.2 Å². The predicted molar refractivity (Wildman–Crippen MR) is 97.2 cm³/mol. The maximum absolute atomic E-state index is 12.1. The number of nitrogens with one attached hydrogen (secondary N) is 1. The van der Waals surface area contributed by atoms with E-state index < -0.39 is 16.7 Å². The second kappa shape index (κ2) is 6.57. The Hall–Kier alpha value is -3.66. The lowest BCUT2D eigenvalue weighted by Crippen LogP contribution is -2.10. The Morgan fingerprint density at radius 2 is 2.15 bits per heavy atom. The van der Waals surface area contributed by atoms with Crippen LogP contribution in [0.4, 0.5) is 11.0 Å². The molecule has 4 rings (SSSR count). The van der Waals surface area contributed by atoms with Crippen molar-refractivity contribution in [3.05, 3.63) is 57.7 Å². The van der Waals surface area contributed by atoms with Crippen molar-refractivity contribution in [1.82, 2.24) is 4.98 Å². The molecule has 0 saturated carbocycles. The normalized spacial score (nSPS) is 10.9. The smallest absolute Gasteiger partial charge is 0.433 e. The van der Waals surface area contributed by atoms with E-state index in [-0.39, 0.29) is 5.76 Å². The summed E-state index contributed by atoms with van der Waals surface area (Å²) in [5.41, 5.74) is 1.15. The summed E-state index contributed by atoms with van der Waals surface area (Å²) in [5.74, 6) is -0.166. The third-order valence-electron chi connectivity index (χ3n) is 3.70. The molecular formula is C17H11N3O6S. The van der Waals surface area contributed by atoms with E-state index in [0.29, 0.717) is 27.9 Å². The number of carbonyl (C=O) groups excluding carboxylic acids is 1. The van der Waals surface area contributed by atoms with Gasteiger partial charge in [0.15, 0.2) is 28.0 Å². The van der Waals surface area contributed by atoms with E-state index in [1.807, 2.05) is 18.2 Å². The van der Waals surface area contributed by atoms with Crippen LogP contribution in [-0.4, -0.2) is 22.9 Å². The number of nitro groups is 1. The van der Waals surface area contributed by atoms with Crippen molar-refractivity contribution in [2.24, 2.45) is 0 Å². The first-order valence-corrected chi connectivity index (χ1v) is 8.51. The van der Waals surface area contributed by atoms with Crippen LogP contribution in [0.25, 0.3) is 22.4 Å². The number of benzene rings is 1. The van der Waals surface area contributed by atoms with E-state index in [9.17, 15) is 14.9 Å². The molecule has 0 saturated heterocycles. The number of hydrogen-bond donors (Lipinski definition) is 1. The first-order valence-electron chi connectivity index (χ1n) is 7.63. The number of nitrogens with zero attached hydrogens (tertiary/aromatic N) is 2. The van der Waals surface area contributed by atoms with Gasteiger partial charge in [-0.1, -0.05) is 12.1 Å². The van der Waals surface area contributed by atoms with Gasteiger partial charge >= 0.3 is 5.88 Å². The molecule has 0 radical (unpaired) electrons. The number of aromatic nitrogens is 1. The Morgan fingerprint density at radius 1 is 1.30 bits per heavy atom. The van der Waals surface area contributed by atoms with Crippen LogP contribution in [0.2, 0.25) is 0 Å². The molecule has 1 amide bonds. The highest BCUT2D eigenvalue weighted by Crippen LogP contribution is 2.34. The summed E-state index contributed by atoms with van der Waals surface area (Å²) < 4.78 is 16.0. The van der Waals surface area contributed by atoms with Crippen LogP contribution in [0.1, 0.15) is 10.6 Å². The fourth-order valence-corrected chi connectivity index (χ4v) is 3.17. The number of para-hydroxylation sites is 1. The summed E-state index contributed by atoms with van der Waals surface area (Å²) in [4.78, 5) is 26.3. The van der Waals surface area contributed by atoms with E-state index in [0.717, 1.165) is 11.5 Å². The molecule has 3 heterocycles. The molecule has 0 fully saturated rings. The minimum atomic E-state index is -0.714. The van der Waals surface area contributed by atoms with Crippen LogP contribution in [0.15, 0.2) is 50.6 Å². The van der Waals surface area contributed by atoms with Gasteiger partial charge in [-0.05, 0) is 18.2 Å². The third-order valence-corrected chi connectivity index (χ3v) is 4.46. The zero-order valence-electron chi connectivity index (χ0n) is 13.8. The highest BCUT2D eigenvalue weighted by atomic mass is 32.1. The largest absolute Gasteiger partial charge is 0.493 e. The minimum Gasteiger partial charge on any atom is -0.493 e. The van der Waals surface area contributed by atoms with E-state index in [4.69, 9.17) is 13.6 Å². The van der Waals surface area contributed by atoms with Crippen LogP contribution in [-0.2, 0) is 0 Å². The van der Waals surface area contributed by atoms with Gasteiger partial charge in [-0.2, -0.15) is 0 Å². The van der Waals surface area contributed by atoms with Gasteiger partial charge in [0.2, 0.25) is 0 Å². The Balaban J connectivity index is 1.56. The van der Waals surface area contributed by atoms with Gasteiger partial charge in [0, 0.05) is 10.8 Å². The Bertz CT molecular complexity index is 1160. The summed E-state index contributed by atoms with van der Waals surface area (Å²) in [6.45, 7) is 0. The quantitative estimate of drug-likeness (QED) is 0.401. The third kappa shape index (κ3) is 3.13. The van der Waals surface area contributed by atoms with Gasteiger partial charge in [0.25, 0.3) is 5.91 Å². The van der Waals surface area contributed by atoms with Crippen LogP contribution < -0.4 is 10.1 Å². The van der Waals surface area contributed by atoms with Crippen LogP contribution in [0, 0.1) is 10.1 Å². The van der Waals surface area contributed by atoms with Gasteiger partial charge < -0.3 is 13.6 Å². The minimum absolute atomic E-state index is 0.174. The van der Waals surface area contributed by atoms with Gasteiger partial charge in [-0.15, -0.1) is 11.3 Å². The number of thiazole rings is 1. The van der Waals surface area contributed by atoms with E-state index in [1.54, 1.807) is 18.6 Å². The molecule has 10 heteroatoms. The summed E-state index contributed by atoms with van der Waals surface area (Å²) in [5, 5.41) is 16.1. The molecule has 1 aromatic carbocycles. The number of furan rings is 2. The maximum Gasteiger partial charge on any atom is 0.433 e. The molecule has 0 bridgehead atoms. The average molecular weight is 385 g/mol. The molecule has 27 heavy (non-hydrogen) atoms. The van der Waals surface area contributed by atoms with Crippen molar-refractivity contribution < 1.29 is 23.3 Å². The van der Waals surface area contributed by atoms with E-state index >= 15 is 0 Å². The predicted octanol–water partition coefficient (Wildman–Crippen LogP) is 4.32. The average Bonchev–Trinajstić information content (AvgIpc) is 3.39. The lowest BCUT2D eigenvalue weighted by atomic mass is 10.2. The number of fused-ring (bicyclic) bond motifs is 1. The zero-order valence-corrected chi connectivity index (χ0v) is 14.6. The van der Waals surface area contributed by atoms with Gasteiger partial charge in [-0.3, -0.25) is 20.2 Å². The summed E-state index contributed by atoms with van der Waals surface area (Å²) in [7, 11) is 1.56. The SMILES string of the molecule is COc1cccc2cc(-c3csc(NC(=O)c4ccc([N+](=O)[O-])o4)n3)oc12. The highest BCUT2D eigenvalue weighted by molar-refractivity contribution is 7.14. The molecule has 0 spiro atoms. The fraction of sp³-hybridized carbons (Fsp3) is 0.0588. The number of hydrogen-bond acceptors (Lipinski definition) is 8. The zero-order chi connectivity index (χ0) is 19.0. The van der Waals surface area contributed by atoms with E-state index in [1.165, 1.54) is 17.4 Å². The maximum atomic E-state index is 12.1. The summed E-state index contributed by atoms with van der Waals surface area (Å²) in [6.07, 6.45) is 0. The Labute approximate surface area is 155 Å². The second-order valence-corrected chi connectivity index (χ2v) is 6.23. The molecule has 0 aliphatic rings. The first kappa shape index (κ1) is 16.8. The molecule has 0 atom stereocenters.